The van der Waals surface area contributed by atoms with Gasteiger partial charge in [-0.15, -0.1) is 0 Å². The zero-order valence-corrected chi connectivity index (χ0v) is 12.3. The number of sulfone groups is 1. The Balaban J connectivity index is 1.91. The molecule has 2 heterocycles. The van der Waals surface area contributed by atoms with Gasteiger partial charge in [0, 0.05) is 24.6 Å². The van der Waals surface area contributed by atoms with Crippen molar-refractivity contribution in [2.45, 2.75) is 25.7 Å². The van der Waals surface area contributed by atoms with Crippen molar-refractivity contribution in [1.82, 2.24) is 9.97 Å². The summed E-state index contributed by atoms with van der Waals surface area (Å²) in [4.78, 5) is 10.9. The molecule has 1 aromatic rings. The van der Waals surface area contributed by atoms with Gasteiger partial charge in [0.05, 0.1) is 11.5 Å². The van der Waals surface area contributed by atoms with Crippen LogP contribution in [0.5, 0.6) is 0 Å². The van der Waals surface area contributed by atoms with Crippen LogP contribution in [-0.4, -0.2) is 43.0 Å². The van der Waals surface area contributed by atoms with E-state index in [1.165, 1.54) is 0 Å². The second-order valence-electron chi connectivity index (χ2n) is 5.23. The summed E-state index contributed by atoms with van der Waals surface area (Å²) < 4.78 is 23.0. The first-order chi connectivity index (χ1) is 8.96. The number of hydrogen-bond acceptors (Lipinski definition) is 5. The molecular weight excluding hydrogens is 286 g/mol. The Morgan fingerprint density at radius 3 is 2.42 bits per heavy atom. The Morgan fingerprint density at radius 1 is 1.21 bits per heavy atom. The van der Waals surface area contributed by atoms with Crippen molar-refractivity contribution >= 4 is 27.3 Å². The first-order valence-electron chi connectivity index (χ1n) is 6.46. The molecule has 1 aliphatic heterocycles. The van der Waals surface area contributed by atoms with Gasteiger partial charge in [-0.1, -0.05) is 11.6 Å². The topological polar surface area (TPSA) is 63.2 Å². The standard InChI is InChI=1S/C12H16ClN3O2S/c1-8-10(13)14-11(9-2-3-9)15-12(8)16-4-6-19(17,18)7-5-16/h9H,2-7H2,1H3. The monoisotopic (exact) mass is 301 g/mol. The van der Waals surface area contributed by atoms with Crippen LogP contribution in [0.15, 0.2) is 0 Å². The molecule has 0 aromatic carbocycles. The molecule has 7 heteroatoms. The lowest BCUT2D eigenvalue weighted by Crippen LogP contribution is -2.41. The van der Waals surface area contributed by atoms with E-state index in [2.05, 4.69) is 9.97 Å². The molecular formula is C12H16ClN3O2S. The van der Waals surface area contributed by atoms with Gasteiger partial charge in [0.15, 0.2) is 9.84 Å². The fourth-order valence-electron chi connectivity index (χ4n) is 2.25. The van der Waals surface area contributed by atoms with E-state index >= 15 is 0 Å². The maximum absolute atomic E-state index is 11.5. The number of nitrogens with zero attached hydrogens (tertiary/aromatic N) is 3. The number of halogens is 1. The molecule has 1 saturated carbocycles. The van der Waals surface area contributed by atoms with Gasteiger partial charge in [-0.3, -0.25) is 0 Å². The van der Waals surface area contributed by atoms with Gasteiger partial charge < -0.3 is 4.90 Å². The van der Waals surface area contributed by atoms with E-state index in [1.54, 1.807) is 0 Å². The highest BCUT2D eigenvalue weighted by molar-refractivity contribution is 7.91. The van der Waals surface area contributed by atoms with E-state index in [0.29, 0.717) is 24.2 Å². The number of anilines is 1. The first kappa shape index (κ1) is 13.1. The molecule has 104 valence electrons. The molecule has 1 saturated heterocycles. The average Bonchev–Trinajstić information content (AvgIpc) is 3.17. The third-order valence-electron chi connectivity index (χ3n) is 3.66. The number of aromatic nitrogens is 2. The molecule has 0 bridgehead atoms. The lowest BCUT2D eigenvalue weighted by Gasteiger charge is -2.29. The summed E-state index contributed by atoms with van der Waals surface area (Å²) in [6.45, 7) is 2.86. The van der Waals surface area contributed by atoms with Crippen molar-refractivity contribution in [3.05, 3.63) is 16.5 Å². The number of rotatable bonds is 2. The van der Waals surface area contributed by atoms with Crippen molar-refractivity contribution in [1.29, 1.82) is 0 Å². The zero-order chi connectivity index (χ0) is 13.6. The van der Waals surface area contributed by atoms with Crippen LogP contribution >= 0.6 is 11.6 Å². The largest absolute Gasteiger partial charge is 0.354 e. The Bertz CT molecular complexity index is 600. The maximum atomic E-state index is 11.5. The fourth-order valence-corrected chi connectivity index (χ4v) is 3.62. The summed E-state index contributed by atoms with van der Waals surface area (Å²) in [7, 11) is -2.88. The summed E-state index contributed by atoms with van der Waals surface area (Å²) >= 11 is 6.17. The van der Waals surface area contributed by atoms with Crippen molar-refractivity contribution in [2.75, 3.05) is 29.5 Å². The van der Waals surface area contributed by atoms with E-state index < -0.39 is 9.84 Å². The van der Waals surface area contributed by atoms with Crippen LogP contribution in [0, 0.1) is 6.92 Å². The maximum Gasteiger partial charge on any atom is 0.153 e. The van der Waals surface area contributed by atoms with Gasteiger partial charge >= 0.3 is 0 Å². The Labute approximate surface area is 117 Å². The molecule has 1 aliphatic carbocycles. The minimum absolute atomic E-state index is 0.187. The van der Waals surface area contributed by atoms with Gasteiger partial charge in [0.25, 0.3) is 0 Å². The Kier molecular flexibility index (Phi) is 3.17. The van der Waals surface area contributed by atoms with Gasteiger partial charge in [0.2, 0.25) is 0 Å². The van der Waals surface area contributed by atoms with Crippen LogP contribution in [-0.2, 0) is 9.84 Å². The van der Waals surface area contributed by atoms with Crippen LogP contribution in [0.2, 0.25) is 5.15 Å². The Hall–Kier alpha value is -0.880. The molecule has 0 unspecified atom stereocenters. The fraction of sp³-hybridized carbons (Fsp3) is 0.667. The molecule has 2 aliphatic rings. The lowest BCUT2D eigenvalue weighted by molar-refractivity contribution is 0.586. The normalized spacial score (nSPS) is 22.5. The molecule has 0 amide bonds. The predicted octanol–water partition coefficient (Wildman–Crippen LogP) is 1.55. The molecule has 0 N–H and O–H groups in total. The van der Waals surface area contributed by atoms with Crippen LogP contribution in [0.25, 0.3) is 0 Å². The average molecular weight is 302 g/mol. The summed E-state index contributed by atoms with van der Waals surface area (Å²) in [6, 6.07) is 0. The Morgan fingerprint density at radius 2 is 1.84 bits per heavy atom. The molecule has 0 atom stereocenters. The highest BCUT2D eigenvalue weighted by Crippen LogP contribution is 2.40. The molecule has 3 rings (SSSR count). The molecule has 19 heavy (non-hydrogen) atoms. The molecule has 0 radical (unpaired) electrons. The van der Waals surface area contributed by atoms with Gasteiger partial charge in [0.1, 0.15) is 16.8 Å². The molecule has 2 fully saturated rings. The second kappa shape index (κ2) is 4.59. The molecule has 1 aromatic heterocycles. The van der Waals surface area contributed by atoms with E-state index in [4.69, 9.17) is 11.6 Å². The predicted molar refractivity (Wildman–Crippen MR) is 74.6 cm³/mol. The summed E-state index contributed by atoms with van der Waals surface area (Å²) in [6.07, 6.45) is 2.24. The SMILES string of the molecule is Cc1c(Cl)nc(C2CC2)nc1N1CCS(=O)(=O)CC1. The zero-order valence-electron chi connectivity index (χ0n) is 10.8. The summed E-state index contributed by atoms with van der Waals surface area (Å²) in [5.74, 6) is 2.42. The van der Waals surface area contributed by atoms with Crippen LogP contribution in [0.1, 0.15) is 30.1 Å². The van der Waals surface area contributed by atoms with Crippen molar-refractivity contribution in [3.63, 3.8) is 0 Å². The van der Waals surface area contributed by atoms with Crippen molar-refractivity contribution in [3.8, 4) is 0 Å². The van der Waals surface area contributed by atoms with E-state index in [-0.39, 0.29) is 11.5 Å². The van der Waals surface area contributed by atoms with Crippen LogP contribution in [0.3, 0.4) is 0 Å². The first-order valence-corrected chi connectivity index (χ1v) is 8.65. The van der Waals surface area contributed by atoms with Crippen LogP contribution in [0.4, 0.5) is 5.82 Å². The van der Waals surface area contributed by atoms with Crippen LogP contribution < -0.4 is 4.90 Å². The van der Waals surface area contributed by atoms with E-state index in [1.807, 2.05) is 11.8 Å². The highest BCUT2D eigenvalue weighted by atomic mass is 35.5. The minimum atomic E-state index is -2.88. The minimum Gasteiger partial charge on any atom is -0.354 e. The third kappa shape index (κ3) is 2.69. The van der Waals surface area contributed by atoms with Gasteiger partial charge in [-0.2, -0.15) is 0 Å². The van der Waals surface area contributed by atoms with Gasteiger partial charge in [-0.05, 0) is 19.8 Å². The van der Waals surface area contributed by atoms with Crippen molar-refractivity contribution in [2.24, 2.45) is 0 Å². The van der Waals surface area contributed by atoms with Crippen molar-refractivity contribution < 1.29 is 8.42 Å². The van der Waals surface area contributed by atoms with E-state index in [9.17, 15) is 8.42 Å². The second-order valence-corrected chi connectivity index (χ2v) is 7.90. The smallest absolute Gasteiger partial charge is 0.153 e. The third-order valence-corrected chi connectivity index (χ3v) is 5.64. The van der Waals surface area contributed by atoms with Gasteiger partial charge in [-0.25, -0.2) is 18.4 Å². The lowest BCUT2D eigenvalue weighted by atomic mass is 10.3. The quantitative estimate of drug-likeness (QED) is 0.776. The van der Waals surface area contributed by atoms with E-state index in [0.717, 1.165) is 30.0 Å². The molecule has 5 nitrogen and oxygen atoms in total. The number of hydrogen-bond donors (Lipinski definition) is 0. The highest BCUT2D eigenvalue weighted by Gasteiger charge is 2.30. The molecule has 0 spiro atoms. The summed E-state index contributed by atoms with van der Waals surface area (Å²) in [5.41, 5.74) is 0.838. The summed E-state index contributed by atoms with van der Waals surface area (Å²) in [5, 5.41) is 0.486.